The minimum atomic E-state index is 0.0979. The van der Waals surface area contributed by atoms with E-state index in [2.05, 4.69) is 143 Å². The summed E-state index contributed by atoms with van der Waals surface area (Å²) in [5.74, 6) is 0. The van der Waals surface area contributed by atoms with Gasteiger partial charge in [-0.25, -0.2) is 0 Å². The topological polar surface area (TPSA) is 17.0 Å². The monoisotopic (exact) mass is 504 g/mol. The molecule has 38 heavy (non-hydrogen) atoms. The van der Waals surface area contributed by atoms with Crippen LogP contribution in [0.5, 0.6) is 0 Å². The van der Waals surface area contributed by atoms with Gasteiger partial charge < -0.3 is 9.88 Å². The summed E-state index contributed by atoms with van der Waals surface area (Å²) in [5, 5.41) is 7.83. The van der Waals surface area contributed by atoms with E-state index in [-0.39, 0.29) is 6.04 Å². The molecule has 1 unspecified atom stereocenters. The van der Waals surface area contributed by atoms with E-state index in [9.17, 15) is 0 Å². The summed E-state index contributed by atoms with van der Waals surface area (Å²) < 4.78 is 5.08. The fraction of sp³-hybridized carbons (Fsp3) is 0.0286. The van der Waals surface area contributed by atoms with Crippen LogP contribution in [-0.4, -0.2) is 4.57 Å². The Morgan fingerprint density at radius 3 is 2.24 bits per heavy atom. The fourth-order valence-electron chi connectivity index (χ4n) is 5.88. The van der Waals surface area contributed by atoms with Gasteiger partial charge in [0.1, 0.15) is 0 Å². The number of aromatic nitrogens is 1. The molecule has 0 saturated heterocycles. The minimum Gasteiger partial charge on any atom is -0.372 e. The lowest BCUT2D eigenvalue weighted by Crippen LogP contribution is -2.12. The quantitative estimate of drug-likeness (QED) is 0.253. The maximum atomic E-state index is 3.93. The highest BCUT2D eigenvalue weighted by Gasteiger charge is 2.25. The number of nitrogens with one attached hydrogen (secondary N) is 1. The Labute approximate surface area is 225 Å². The second-order valence-corrected chi connectivity index (χ2v) is 10.9. The van der Waals surface area contributed by atoms with E-state index in [1.807, 2.05) is 11.3 Å². The van der Waals surface area contributed by atoms with E-state index >= 15 is 0 Å². The lowest BCUT2D eigenvalue weighted by molar-refractivity contribution is 0.972. The van der Waals surface area contributed by atoms with Crippen molar-refractivity contribution in [3.8, 4) is 16.8 Å². The van der Waals surface area contributed by atoms with Crippen LogP contribution in [0.25, 0.3) is 54.0 Å². The molecule has 5 aromatic carbocycles. The first kappa shape index (κ1) is 21.5. The lowest BCUT2D eigenvalue weighted by Gasteiger charge is -2.22. The van der Waals surface area contributed by atoms with Crippen LogP contribution in [0, 0.1) is 0 Å². The minimum absolute atomic E-state index is 0.0979. The Hall–Kier alpha value is -4.60. The summed E-state index contributed by atoms with van der Waals surface area (Å²) >= 11 is 1.87. The number of rotatable bonds is 3. The molecule has 3 heterocycles. The Morgan fingerprint density at radius 2 is 1.37 bits per heavy atom. The normalized spacial score (nSPS) is 14.7. The molecule has 2 aromatic heterocycles. The second kappa shape index (κ2) is 8.47. The molecule has 0 fully saturated rings. The van der Waals surface area contributed by atoms with E-state index in [1.165, 1.54) is 59.1 Å². The molecule has 3 heteroatoms. The van der Waals surface area contributed by atoms with Gasteiger partial charge in [0.2, 0.25) is 0 Å². The van der Waals surface area contributed by atoms with Gasteiger partial charge in [-0.15, -0.1) is 11.3 Å². The van der Waals surface area contributed by atoms with E-state index in [1.54, 1.807) is 0 Å². The molecule has 1 aliphatic rings. The molecule has 8 rings (SSSR count). The molecule has 180 valence electrons. The van der Waals surface area contributed by atoms with Crippen molar-refractivity contribution in [3.63, 3.8) is 0 Å². The SMILES string of the molecule is C1=CC(c2ccc3sc4ccccc4c3c2)Nc2c1n(-c1ccccc1)c1c(-c3ccccc3)cccc21. The number of thiophene rings is 1. The highest BCUT2D eigenvalue weighted by Crippen LogP contribution is 2.44. The number of anilines is 1. The zero-order valence-corrected chi connectivity index (χ0v) is 21.5. The van der Waals surface area contributed by atoms with Crippen molar-refractivity contribution in [2.24, 2.45) is 0 Å². The maximum Gasteiger partial charge on any atom is 0.0702 e. The van der Waals surface area contributed by atoms with Gasteiger partial charge in [0, 0.05) is 36.8 Å². The highest BCUT2D eigenvalue weighted by molar-refractivity contribution is 7.25. The van der Waals surface area contributed by atoms with E-state index in [4.69, 9.17) is 0 Å². The molecule has 1 atom stereocenters. The van der Waals surface area contributed by atoms with Crippen molar-refractivity contribution < 1.29 is 0 Å². The summed E-state index contributed by atoms with van der Waals surface area (Å²) in [6.45, 7) is 0. The van der Waals surface area contributed by atoms with Crippen molar-refractivity contribution in [2.75, 3.05) is 5.32 Å². The Bertz CT molecular complexity index is 1990. The van der Waals surface area contributed by atoms with E-state index < -0.39 is 0 Å². The number of fused-ring (bicyclic) bond motifs is 6. The fourth-order valence-corrected chi connectivity index (χ4v) is 6.97. The third-order valence-electron chi connectivity index (χ3n) is 7.63. The highest BCUT2D eigenvalue weighted by atomic mass is 32.1. The molecule has 1 N–H and O–H groups in total. The molecule has 0 bridgehead atoms. The molecule has 0 amide bonds. The van der Waals surface area contributed by atoms with E-state index in [0.717, 1.165) is 5.69 Å². The average molecular weight is 505 g/mol. The van der Waals surface area contributed by atoms with Crippen LogP contribution in [0.4, 0.5) is 5.69 Å². The number of hydrogen-bond acceptors (Lipinski definition) is 2. The Morgan fingerprint density at radius 1 is 0.632 bits per heavy atom. The van der Waals surface area contributed by atoms with Crippen molar-refractivity contribution in [1.82, 2.24) is 4.57 Å². The van der Waals surface area contributed by atoms with Crippen molar-refractivity contribution >= 4 is 54.2 Å². The van der Waals surface area contributed by atoms with Crippen LogP contribution in [-0.2, 0) is 0 Å². The van der Waals surface area contributed by atoms with Crippen molar-refractivity contribution in [2.45, 2.75) is 6.04 Å². The van der Waals surface area contributed by atoms with Crippen LogP contribution < -0.4 is 5.32 Å². The Kier molecular flexibility index (Phi) is 4.79. The molecular weight excluding hydrogens is 480 g/mol. The van der Waals surface area contributed by atoms with Crippen LogP contribution >= 0.6 is 11.3 Å². The first-order valence-electron chi connectivity index (χ1n) is 13.0. The number of hydrogen-bond donors (Lipinski definition) is 1. The van der Waals surface area contributed by atoms with Crippen LogP contribution in [0.1, 0.15) is 17.3 Å². The first-order chi connectivity index (χ1) is 18.8. The summed E-state index contributed by atoms with van der Waals surface area (Å²) in [6, 6.07) is 43.8. The predicted molar refractivity (Wildman–Crippen MR) is 163 cm³/mol. The molecule has 0 radical (unpaired) electrons. The van der Waals surface area contributed by atoms with Gasteiger partial charge in [0.05, 0.1) is 22.9 Å². The maximum absolute atomic E-state index is 3.93. The number of benzene rings is 5. The standard InChI is InChI=1S/C35H24N2S/c1-3-10-23(11-4-1)26-15-9-16-28-34-31(37(35(26)28)25-12-5-2-6-13-25)20-19-30(36-34)24-18-21-33-29(22-24)27-14-7-8-17-32(27)38-33/h1-22,30,36H. The summed E-state index contributed by atoms with van der Waals surface area (Å²) in [7, 11) is 0. The van der Waals surface area contributed by atoms with Gasteiger partial charge >= 0.3 is 0 Å². The zero-order chi connectivity index (χ0) is 25.1. The molecule has 0 aliphatic carbocycles. The average Bonchev–Trinajstić information content (AvgIpc) is 3.53. The number of para-hydroxylation sites is 2. The second-order valence-electron chi connectivity index (χ2n) is 9.83. The van der Waals surface area contributed by atoms with Gasteiger partial charge in [0.25, 0.3) is 0 Å². The third-order valence-corrected chi connectivity index (χ3v) is 8.78. The van der Waals surface area contributed by atoms with Gasteiger partial charge in [0.15, 0.2) is 0 Å². The Balaban J connectivity index is 1.32. The van der Waals surface area contributed by atoms with Crippen LogP contribution in [0.3, 0.4) is 0 Å². The lowest BCUT2D eigenvalue weighted by atomic mass is 9.99. The van der Waals surface area contributed by atoms with Crippen molar-refractivity contribution in [3.05, 3.63) is 139 Å². The molecule has 7 aromatic rings. The smallest absolute Gasteiger partial charge is 0.0702 e. The molecule has 0 saturated carbocycles. The molecule has 1 aliphatic heterocycles. The van der Waals surface area contributed by atoms with Gasteiger partial charge in [-0.2, -0.15) is 0 Å². The van der Waals surface area contributed by atoms with Crippen LogP contribution in [0.2, 0.25) is 0 Å². The third kappa shape index (κ3) is 3.26. The summed E-state index contributed by atoms with van der Waals surface area (Å²) in [5.41, 5.74) is 8.50. The molecular formula is C35H24N2S. The van der Waals surface area contributed by atoms with Gasteiger partial charge in [-0.3, -0.25) is 0 Å². The summed E-state index contributed by atoms with van der Waals surface area (Å²) in [6.07, 6.45) is 4.60. The number of nitrogens with zero attached hydrogens (tertiary/aromatic N) is 1. The van der Waals surface area contributed by atoms with Gasteiger partial charge in [-0.1, -0.05) is 97.1 Å². The molecule has 2 nitrogen and oxygen atoms in total. The first-order valence-corrected chi connectivity index (χ1v) is 13.8. The van der Waals surface area contributed by atoms with Crippen molar-refractivity contribution in [1.29, 1.82) is 0 Å². The van der Waals surface area contributed by atoms with Gasteiger partial charge in [-0.05, 0) is 47.5 Å². The molecule has 0 spiro atoms. The van der Waals surface area contributed by atoms with E-state index in [0.29, 0.717) is 0 Å². The van der Waals surface area contributed by atoms with Crippen LogP contribution in [0.15, 0.2) is 127 Å². The zero-order valence-electron chi connectivity index (χ0n) is 20.6. The predicted octanol–water partition coefficient (Wildman–Crippen LogP) is 9.85. The summed E-state index contributed by atoms with van der Waals surface area (Å²) in [4.78, 5) is 0. The largest absolute Gasteiger partial charge is 0.372 e.